The number of alkyl halides is 2. The molecule has 0 bridgehead atoms. The van der Waals surface area contributed by atoms with Gasteiger partial charge in [-0.1, -0.05) is 5.21 Å². The number of hydrogen-bond acceptors (Lipinski definition) is 11. The zero-order valence-corrected chi connectivity index (χ0v) is 24.1. The second-order valence-corrected chi connectivity index (χ2v) is 10.0. The van der Waals surface area contributed by atoms with Gasteiger partial charge in [-0.15, -0.1) is 28.3 Å². The molecule has 3 aromatic rings. The van der Waals surface area contributed by atoms with Gasteiger partial charge in [0.15, 0.2) is 28.7 Å². The number of nitrogens with zero attached hydrogens (tertiary/aromatic N) is 3. The van der Waals surface area contributed by atoms with Crippen molar-refractivity contribution in [2.75, 3.05) is 47.2 Å². The number of rotatable bonds is 6. The fourth-order valence-electron chi connectivity index (χ4n) is 5.76. The highest BCUT2D eigenvalue weighted by atomic mass is 35.5. The van der Waals surface area contributed by atoms with Crippen molar-refractivity contribution >= 4 is 35.1 Å². The molecule has 12 nitrogen and oxygen atoms in total. The summed E-state index contributed by atoms with van der Waals surface area (Å²) in [6.45, 7) is 0.249. The van der Waals surface area contributed by atoms with Gasteiger partial charge in [0.25, 0.3) is 0 Å². The monoisotopic (exact) mass is 607 g/mol. The van der Waals surface area contributed by atoms with Crippen LogP contribution in [0.5, 0.6) is 28.7 Å². The summed E-state index contributed by atoms with van der Waals surface area (Å²) in [6, 6.07) is 6.99. The van der Waals surface area contributed by atoms with Crippen molar-refractivity contribution in [1.29, 1.82) is 0 Å². The van der Waals surface area contributed by atoms with Gasteiger partial charge in [-0.25, -0.2) is 9.48 Å². The van der Waals surface area contributed by atoms with E-state index in [0.717, 1.165) is 16.7 Å². The summed E-state index contributed by atoms with van der Waals surface area (Å²) in [5.41, 5.74) is 2.50. The van der Waals surface area contributed by atoms with Crippen LogP contribution in [-0.2, 0) is 14.3 Å². The van der Waals surface area contributed by atoms with E-state index >= 15 is 0 Å². The average molecular weight is 608 g/mol. The van der Waals surface area contributed by atoms with Gasteiger partial charge in [0.05, 0.1) is 58.5 Å². The van der Waals surface area contributed by atoms with Crippen LogP contribution in [-0.4, -0.2) is 74.1 Å². The van der Waals surface area contributed by atoms with E-state index in [9.17, 15) is 9.59 Å². The van der Waals surface area contributed by atoms with Crippen molar-refractivity contribution in [3.05, 3.63) is 52.8 Å². The first-order chi connectivity index (χ1) is 19.9. The van der Waals surface area contributed by atoms with Crippen molar-refractivity contribution in [2.45, 2.75) is 12.0 Å². The molecule has 1 fully saturated rings. The van der Waals surface area contributed by atoms with E-state index in [4.69, 9.17) is 56.4 Å². The number of fused-ring (bicyclic) bond motifs is 3. The predicted octanol–water partition coefficient (Wildman–Crippen LogP) is 3.76. The van der Waals surface area contributed by atoms with Crippen molar-refractivity contribution < 1.29 is 42.7 Å². The number of halogens is 2. The van der Waals surface area contributed by atoms with Gasteiger partial charge >= 0.3 is 11.9 Å². The summed E-state index contributed by atoms with van der Waals surface area (Å²) in [6.07, 6.45) is 1.52. The van der Waals surface area contributed by atoms with Crippen molar-refractivity contribution in [1.82, 2.24) is 15.0 Å². The van der Waals surface area contributed by atoms with Crippen molar-refractivity contribution in [3.8, 4) is 28.7 Å². The summed E-state index contributed by atoms with van der Waals surface area (Å²) in [5.74, 6) is 0.233. The number of esters is 2. The largest absolute Gasteiger partial charge is 0.493 e. The topological polar surface area (TPSA) is 129 Å². The number of hydrogen-bond donors (Lipinski definition) is 0. The smallest absolute Gasteiger partial charge is 0.360 e. The zero-order chi connectivity index (χ0) is 29.3. The van der Waals surface area contributed by atoms with E-state index in [1.165, 1.54) is 20.4 Å². The molecule has 3 aliphatic rings. The lowest BCUT2D eigenvalue weighted by atomic mass is 9.65. The molecule has 1 saturated heterocycles. The van der Waals surface area contributed by atoms with Gasteiger partial charge in [-0.2, -0.15) is 0 Å². The zero-order valence-electron chi connectivity index (χ0n) is 22.6. The van der Waals surface area contributed by atoms with Crippen molar-refractivity contribution in [3.63, 3.8) is 0 Å². The Bertz CT molecular complexity index is 1440. The van der Waals surface area contributed by atoms with Crippen LogP contribution in [0, 0.1) is 11.8 Å². The molecular weight excluding hydrogens is 581 g/mol. The predicted molar refractivity (Wildman–Crippen MR) is 145 cm³/mol. The third kappa shape index (κ3) is 4.95. The van der Waals surface area contributed by atoms with Crippen LogP contribution in [0.3, 0.4) is 0 Å². The standard InChI is InChI=1S/C26H25N3O9.CH2Cl2/c1-32-19-5-12(6-20(33-2)24(19)34-3)21-13-7-17-18(38-11-37-17)8-14(13)23(15-10-36-26(31)22(15)21)29-9-16(27-28-29)25(30)35-4;2-1-3/h5-9,15,21-23H,10-11H2,1-4H3;1H2/t15-,21+,22-,23+;/m0./s1. The summed E-state index contributed by atoms with van der Waals surface area (Å²) in [7, 11) is 5.89. The molecule has 41 heavy (non-hydrogen) atoms. The second kappa shape index (κ2) is 11.9. The number of carbonyl (C=O) groups is 2. The molecule has 218 valence electrons. The highest BCUT2D eigenvalue weighted by Crippen LogP contribution is 2.56. The molecule has 6 rings (SSSR count). The second-order valence-electron chi connectivity index (χ2n) is 9.21. The van der Waals surface area contributed by atoms with Gasteiger partial charge in [0, 0.05) is 11.8 Å². The fourth-order valence-corrected chi connectivity index (χ4v) is 5.76. The van der Waals surface area contributed by atoms with Gasteiger partial charge in [0.2, 0.25) is 12.5 Å². The molecule has 1 aliphatic carbocycles. The third-order valence-corrected chi connectivity index (χ3v) is 7.38. The molecule has 0 spiro atoms. The first kappa shape index (κ1) is 28.6. The molecule has 1 aromatic heterocycles. The maximum Gasteiger partial charge on any atom is 0.360 e. The lowest BCUT2D eigenvalue weighted by Crippen LogP contribution is -2.37. The molecule has 0 amide bonds. The Hall–Kier alpha value is -3.90. The van der Waals surface area contributed by atoms with E-state index in [1.54, 1.807) is 18.9 Å². The summed E-state index contributed by atoms with van der Waals surface area (Å²) >= 11 is 9.53. The van der Waals surface area contributed by atoms with Crippen LogP contribution in [0.4, 0.5) is 0 Å². The molecule has 2 aromatic carbocycles. The molecule has 0 radical (unpaired) electrons. The van der Waals surface area contributed by atoms with Crippen LogP contribution in [0.25, 0.3) is 0 Å². The lowest BCUT2D eigenvalue weighted by Gasteiger charge is -2.39. The van der Waals surface area contributed by atoms with Crippen molar-refractivity contribution in [2.24, 2.45) is 11.8 Å². The average Bonchev–Trinajstić information content (AvgIpc) is 3.74. The van der Waals surface area contributed by atoms with Crippen LogP contribution in [0.15, 0.2) is 30.5 Å². The molecule has 3 heterocycles. The summed E-state index contributed by atoms with van der Waals surface area (Å²) in [4.78, 5) is 25.4. The summed E-state index contributed by atoms with van der Waals surface area (Å²) in [5, 5.41) is 8.42. The van der Waals surface area contributed by atoms with Crippen LogP contribution in [0.2, 0.25) is 0 Å². The summed E-state index contributed by atoms with van der Waals surface area (Å²) < 4.78 is 40.1. The molecular formula is C27H27Cl2N3O9. The molecule has 4 atom stereocenters. The third-order valence-electron chi connectivity index (χ3n) is 7.38. The Morgan fingerprint density at radius 2 is 1.61 bits per heavy atom. The van der Waals surface area contributed by atoms with Crippen LogP contribution >= 0.6 is 23.2 Å². The number of methoxy groups -OCH3 is 4. The van der Waals surface area contributed by atoms with E-state index in [-0.39, 0.29) is 36.3 Å². The van der Waals surface area contributed by atoms with E-state index in [0.29, 0.717) is 28.7 Å². The highest BCUT2D eigenvalue weighted by molar-refractivity contribution is 6.40. The Morgan fingerprint density at radius 1 is 0.976 bits per heavy atom. The number of aromatic nitrogens is 3. The van der Waals surface area contributed by atoms with Crippen LogP contribution < -0.4 is 23.7 Å². The number of carbonyl (C=O) groups excluding carboxylic acids is 2. The first-order valence-corrected chi connectivity index (χ1v) is 13.5. The first-order valence-electron chi connectivity index (χ1n) is 12.4. The number of ether oxygens (including phenoxy) is 7. The minimum atomic E-state index is -0.608. The Labute approximate surface area is 245 Å². The molecule has 0 saturated carbocycles. The maximum atomic E-state index is 13.3. The molecule has 0 N–H and O–H groups in total. The minimum Gasteiger partial charge on any atom is -0.493 e. The van der Waals surface area contributed by atoms with E-state index < -0.39 is 23.8 Å². The maximum absolute atomic E-state index is 13.3. The molecule has 2 aliphatic heterocycles. The van der Waals surface area contributed by atoms with Gasteiger partial charge in [-0.05, 0) is 41.0 Å². The normalized spacial score (nSPS) is 21.6. The van der Waals surface area contributed by atoms with Gasteiger partial charge < -0.3 is 33.2 Å². The number of benzene rings is 2. The minimum absolute atomic E-state index is 0.0586. The Kier molecular flexibility index (Phi) is 8.32. The SMILES string of the molecule is COC(=O)c1cn([C@@H]2c3cc4c(cc3[C@@H](c3cc(OC)c(OC)c(OC)c3)[C@H]3C(=O)OC[C@@H]32)OCO4)nn1.ClCCl. The van der Waals surface area contributed by atoms with Gasteiger partial charge in [0.1, 0.15) is 0 Å². The lowest BCUT2D eigenvalue weighted by molar-refractivity contribution is -0.141. The Balaban J connectivity index is 0.00000108. The number of cyclic esters (lactones) is 1. The van der Waals surface area contributed by atoms with E-state index in [2.05, 4.69) is 10.3 Å². The Morgan fingerprint density at radius 3 is 2.20 bits per heavy atom. The molecule has 14 heteroatoms. The molecule has 0 unspecified atom stereocenters. The highest BCUT2D eigenvalue weighted by Gasteiger charge is 2.53. The fraction of sp³-hybridized carbons (Fsp3) is 0.407. The van der Waals surface area contributed by atoms with E-state index in [1.807, 2.05) is 24.3 Å². The van der Waals surface area contributed by atoms with Gasteiger partial charge in [-0.3, -0.25) is 4.79 Å². The van der Waals surface area contributed by atoms with Crippen LogP contribution in [0.1, 0.15) is 39.1 Å². The quantitative estimate of drug-likeness (QED) is 0.300.